The zero-order valence-corrected chi connectivity index (χ0v) is 18.6. The van der Waals surface area contributed by atoms with E-state index in [2.05, 4.69) is 9.97 Å². The molecule has 1 atom stereocenters. The predicted octanol–water partition coefficient (Wildman–Crippen LogP) is 5.39. The highest BCUT2D eigenvalue weighted by molar-refractivity contribution is 5.46. The van der Waals surface area contributed by atoms with Crippen LogP contribution in [0.2, 0.25) is 0 Å². The summed E-state index contributed by atoms with van der Waals surface area (Å²) in [6, 6.07) is 14.1. The number of benzene rings is 2. The number of rotatable bonds is 8. The summed E-state index contributed by atoms with van der Waals surface area (Å²) in [5.41, 5.74) is 3.35. The molecular weight excluding hydrogens is 427 g/mol. The fourth-order valence-electron chi connectivity index (χ4n) is 4.40. The van der Waals surface area contributed by atoms with Crippen molar-refractivity contribution in [3.63, 3.8) is 0 Å². The van der Waals surface area contributed by atoms with Gasteiger partial charge in [-0.3, -0.25) is 0 Å². The number of halogens is 3. The molecule has 2 heterocycles. The maximum atomic E-state index is 15.4. The maximum Gasteiger partial charge on any atom is 0.270 e. The molecule has 1 saturated heterocycles. The standard InChI is InChI=1S/C26H28F3N3O/c1-26(28,29)21-11-9-20(10-12-21)23-3-2-15-32(23)25-24(27)22(30-17-31-25)13-8-18-4-6-19(7-5-18)14-16-33/h4-7,9-12,17,23,33H,2-3,8,13-16H2,1H3. The highest BCUT2D eigenvalue weighted by Crippen LogP contribution is 2.37. The minimum Gasteiger partial charge on any atom is -0.396 e. The minimum absolute atomic E-state index is 0.0318. The van der Waals surface area contributed by atoms with Crippen LogP contribution in [0.5, 0.6) is 0 Å². The van der Waals surface area contributed by atoms with Crippen LogP contribution in [0.3, 0.4) is 0 Å². The molecule has 4 nitrogen and oxygen atoms in total. The van der Waals surface area contributed by atoms with E-state index in [1.54, 1.807) is 12.1 Å². The van der Waals surface area contributed by atoms with Crippen molar-refractivity contribution in [1.29, 1.82) is 0 Å². The Kier molecular flexibility index (Phi) is 6.98. The largest absolute Gasteiger partial charge is 0.396 e. The van der Waals surface area contributed by atoms with Gasteiger partial charge in [-0.25, -0.2) is 23.1 Å². The third-order valence-electron chi connectivity index (χ3n) is 6.24. The first-order valence-corrected chi connectivity index (χ1v) is 11.3. The van der Waals surface area contributed by atoms with Crippen molar-refractivity contribution in [1.82, 2.24) is 9.97 Å². The predicted molar refractivity (Wildman–Crippen MR) is 122 cm³/mol. The van der Waals surface area contributed by atoms with Crippen molar-refractivity contribution >= 4 is 5.82 Å². The Morgan fingerprint density at radius 3 is 2.27 bits per heavy atom. The first kappa shape index (κ1) is 23.2. The number of alkyl halides is 2. The van der Waals surface area contributed by atoms with E-state index in [0.29, 0.717) is 31.5 Å². The quantitative estimate of drug-likeness (QED) is 0.495. The average molecular weight is 456 g/mol. The Bertz CT molecular complexity index is 1070. The summed E-state index contributed by atoms with van der Waals surface area (Å²) in [7, 11) is 0. The number of anilines is 1. The van der Waals surface area contributed by atoms with Gasteiger partial charge >= 0.3 is 0 Å². The molecule has 174 valence electrons. The molecule has 0 aliphatic carbocycles. The molecule has 0 spiro atoms. The number of hydrogen-bond donors (Lipinski definition) is 1. The van der Waals surface area contributed by atoms with Crippen LogP contribution < -0.4 is 4.90 Å². The molecule has 1 N–H and O–H groups in total. The van der Waals surface area contributed by atoms with Crippen molar-refractivity contribution in [3.8, 4) is 0 Å². The first-order valence-electron chi connectivity index (χ1n) is 11.3. The summed E-state index contributed by atoms with van der Waals surface area (Å²) in [6.45, 7) is 1.64. The highest BCUT2D eigenvalue weighted by atomic mass is 19.3. The van der Waals surface area contributed by atoms with Gasteiger partial charge in [0.05, 0.1) is 11.7 Å². The lowest BCUT2D eigenvalue weighted by Gasteiger charge is -2.27. The van der Waals surface area contributed by atoms with Crippen LogP contribution in [-0.4, -0.2) is 28.2 Å². The number of nitrogens with zero attached hydrogens (tertiary/aromatic N) is 3. The van der Waals surface area contributed by atoms with Gasteiger partial charge in [-0.05, 0) is 48.8 Å². The van der Waals surface area contributed by atoms with Crippen LogP contribution >= 0.6 is 0 Å². The van der Waals surface area contributed by atoms with Crippen LogP contribution in [0, 0.1) is 5.82 Å². The SMILES string of the molecule is CC(F)(F)c1ccc(C2CCCN2c2ncnc(CCc3ccc(CCO)cc3)c2F)cc1. The van der Waals surface area contributed by atoms with E-state index in [0.717, 1.165) is 36.5 Å². The average Bonchev–Trinajstić information content (AvgIpc) is 3.29. The molecule has 1 aromatic heterocycles. The molecule has 33 heavy (non-hydrogen) atoms. The summed E-state index contributed by atoms with van der Waals surface area (Å²) in [4.78, 5) is 10.3. The number of aliphatic hydroxyl groups excluding tert-OH is 1. The van der Waals surface area contributed by atoms with Crippen molar-refractivity contribution in [2.45, 2.75) is 51.0 Å². The van der Waals surface area contributed by atoms with Crippen LogP contribution in [0.1, 0.15) is 53.8 Å². The van der Waals surface area contributed by atoms with E-state index >= 15 is 4.39 Å². The summed E-state index contributed by atoms with van der Waals surface area (Å²) >= 11 is 0. The fourth-order valence-corrected chi connectivity index (χ4v) is 4.40. The molecule has 3 aromatic rings. The second kappa shape index (κ2) is 9.91. The van der Waals surface area contributed by atoms with Gasteiger partial charge in [0.1, 0.15) is 6.33 Å². The molecule has 0 saturated carbocycles. The molecule has 0 bridgehead atoms. The van der Waals surface area contributed by atoms with E-state index in [9.17, 15) is 8.78 Å². The second-order valence-corrected chi connectivity index (χ2v) is 8.61. The van der Waals surface area contributed by atoms with E-state index in [4.69, 9.17) is 5.11 Å². The monoisotopic (exact) mass is 455 g/mol. The van der Waals surface area contributed by atoms with Crippen molar-refractivity contribution < 1.29 is 18.3 Å². The number of aliphatic hydroxyl groups is 1. The summed E-state index contributed by atoms with van der Waals surface area (Å²) < 4.78 is 42.5. The lowest BCUT2D eigenvalue weighted by atomic mass is 10.0. The molecular formula is C26H28F3N3O. The lowest BCUT2D eigenvalue weighted by Crippen LogP contribution is -2.25. The summed E-state index contributed by atoms with van der Waals surface area (Å²) in [5.74, 6) is -3.04. The number of aromatic nitrogens is 2. The first-order chi connectivity index (χ1) is 15.9. The molecule has 0 radical (unpaired) electrons. The maximum absolute atomic E-state index is 15.4. The Balaban J connectivity index is 1.50. The molecule has 1 aliphatic heterocycles. The minimum atomic E-state index is -2.89. The van der Waals surface area contributed by atoms with E-state index in [1.165, 1.54) is 18.5 Å². The van der Waals surface area contributed by atoms with Gasteiger partial charge in [0, 0.05) is 25.6 Å². The van der Waals surface area contributed by atoms with Crippen molar-refractivity contribution in [3.05, 3.63) is 88.6 Å². The molecule has 0 amide bonds. The second-order valence-electron chi connectivity index (χ2n) is 8.61. The Hall–Kier alpha value is -2.93. The van der Waals surface area contributed by atoms with E-state index < -0.39 is 11.7 Å². The molecule has 4 rings (SSSR count). The van der Waals surface area contributed by atoms with Gasteiger partial charge in [-0.1, -0.05) is 48.5 Å². The molecule has 2 aromatic carbocycles. The topological polar surface area (TPSA) is 49.2 Å². The van der Waals surface area contributed by atoms with Gasteiger partial charge in [0.15, 0.2) is 11.6 Å². The van der Waals surface area contributed by atoms with Gasteiger partial charge in [-0.15, -0.1) is 0 Å². The van der Waals surface area contributed by atoms with Gasteiger partial charge in [0.25, 0.3) is 5.92 Å². The number of aryl methyl sites for hydroxylation is 2. The zero-order valence-electron chi connectivity index (χ0n) is 18.6. The van der Waals surface area contributed by atoms with E-state index in [-0.39, 0.29) is 24.0 Å². The fraction of sp³-hybridized carbons (Fsp3) is 0.385. The molecule has 1 aliphatic rings. The van der Waals surface area contributed by atoms with Crippen molar-refractivity contribution in [2.75, 3.05) is 18.1 Å². The lowest BCUT2D eigenvalue weighted by molar-refractivity contribution is 0.0174. The van der Waals surface area contributed by atoms with Crippen LogP contribution in [0.4, 0.5) is 19.0 Å². The number of hydrogen-bond acceptors (Lipinski definition) is 4. The Morgan fingerprint density at radius 1 is 0.970 bits per heavy atom. The van der Waals surface area contributed by atoms with Gasteiger partial charge in [0.2, 0.25) is 0 Å². The summed E-state index contributed by atoms with van der Waals surface area (Å²) in [6.07, 6.45) is 4.78. The Morgan fingerprint density at radius 2 is 1.64 bits per heavy atom. The molecule has 1 fully saturated rings. The normalized spacial score (nSPS) is 16.4. The smallest absolute Gasteiger partial charge is 0.270 e. The van der Waals surface area contributed by atoms with Crippen LogP contribution in [0.25, 0.3) is 0 Å². The summed E-state index contributed by atoms with van der Waals surface area (Å²) in [5, 5.41) is 9.03. The van der Waals surface area contributed by atoms with Gasteiger partial charge < -0.3 is 10.0 Å². The highest BCUT2D eigenvalue weighted by Gasteiger charge is 2.31. The van der Waals surface area contributed by atoms with Crippen LogP contribution in [0.15, 0.2) is 54.9 Å². The third kappa shape index (κ3) is 5.36. The Labute approximate surface area is 192 Å². The molecule has 7 heteroatoms. The zero-order chi connectivity index (χ0) is 23.4. The third-order valence-corrected chi connectivity index (χ3v) is 6.24. The van der Waals surface area contributed by atoms with Gasteiger partial charge in [-0.2, -0.15) is 0 Å². The van der Waals surface area contributed by atoms with Crippen LogP contribution in [-0.2, 0) is 25.2 Å². The molecule has 1 unspecified atom stereocenters. The van der Waals surface area contributed by atoms with Crippen molar-refractivity contribution in [2.24, 2.45) is 0 Å². The van der Waals surface area contributed by atoms with E-state index in [1.807, 2.05) is 29.2 Å².